The van der Waals surface area contributed by atoms with Crippen LogP contribution in [-0.2, 0) is 0 Å². The third-order valence-corrected chi connectivity index (χ3v) is 4.83. The predicted molar refractivity (Wildman–Crippen MR) is 88.4 cm³/mol. The van der Waals surface area contributed by atoms with Gasteiger partial charge in [0.15, 0.2) is 0 Å². The fourth-order valence-corrected chi connectivity index (χ4v) is 3.49. The molecule has 2 unspecified atom stereocenters. The van der Waals surface area contributed by atoms with Crippen LogP contribution in [0.2, 0.25) is 0 Å². The van der Waals surface area contributed by atoms with Crippen molar-refractivity contribution in [3.8, 4) is 5.69 Å². The molecule has 4 rings (SSSR count). The van der Waals surface area contributed by atoms with Crippen molar-refractivity contribution >= 4 is 17.2 Å². The Morgan fingerprint density at radius 2 is 2.17 bits per heavy atom. The molecule has 8 nitrogen and oxygen atoms in total. The highest BCUT2D eigenvalue weighted by Crippen LogP contribution is 2.25. The van der Waals surface area contributed by atoms with Crippen LogP contribution in [0, 0.1) is 0 Å². The van der Waals surface area contributed by atoms with E-state index in [0.29, 0.717) is 11.3 Å². The average molecular weight is 341 g/mol. The van der Waals surface area contributed by atoms with E-state index in [2.05, 4.69) is 37.8 Å². The smallest absolute Gasteiger partial charge is 0.254 e. The first kappa shape index (κ1) is 14.9. The van der Waals surface area contributed by atoms with Crippen LogP contribution in [0.4, 0.5) is 0 Å². The van der Waals surface area contributed by atoms with Gasteiger partial charge in [0.1, 0.15) is 6.33 Å². The van der Waals surface area contributed by atoms with Crippen LogP contribution in [0.5, 0.6) is 0 Å². The van der Waals surface area contributed by atoms with Gasteiger partial charge in [0.25, 0.3) is 5.91 Å². The maximum Gasteiger partial charge on any atom is 0.254 e. The Balaban J connectivity index is 1.48. The van der Waals surface area contributed by atoms with Crippen LogP contribution in [-0.4, -0.2) is 32.3 Å². The molecule has 3 heterocycles. The number of nitrogens with zero attached hydrogens (tertiary/aromatic N) is 4. The highest BCUT2D eigenvalue weighted by atomic mass is 32.1. The lowest BCUT2D eigenvalue weighted by Gasteiger charge is -2.14. The highest BCUT2D eigenvalue weighted by molar-refractivity contribution is 7.10. The minimum absolute atomic E-state index is 0.147. The van der Waals surface area contributed by atoms with Crippen LogP contribution in [0.25, 0.3) is 5.69 Å². The van der Waals surface area contributed by atoms with E-state index in [1.807, 2.05) is 23.6 Å². The number of hydrogen-bond donors (Lipinski definition) is 3. The lowest BCUT2D eigenvalue weighted by Crippen LogP contribution is -2.44. The number of aromatic nitrogens is 4. The molecular formula is C15H15N7OS. The Labute approximate surface area is 141 Å². The minimum Gasteiger partial charge on any atom is -0.335 e. The molecule has 1 saturated heterocycles. The lowest BCUT2D eigenvalue weighted by molar-refractivity contribution is 0.0932. The van der Waals surface area contributed by atoms with Gasteiger partial charge in [-0.25, -0.2) is 10.9 Å². The Bertz CT molecular complexity index is 818. The normalized spacial score (nSPS) is 20.2. The number of carbonyl (C=O) groups excluding carboxylic acids is 1. The molecule has 0 spiro atoms. The minimum atomic E-state index is -0.174. The van der Waals surface area contributed by atoms with E-state index in [-0.39, 0.29) is 18.1 Å². The molecule has 1 aromatic carbocycles. The van der Waals surface area contributed by atoms with Crippen molar-refractivity contribution in [1.82, 2.24) is 36.4 Å². The number of benzene rings is 1. The molecule has 2 atom stereocenters. The topological polar surface area (TPSA) is 96.8 Å². The fourth-order valence-electron chi connectivity index (χ4n) is 2.70. The van der Waals surface area contributed by atoms with Crippen molar-refractivity contribution < 1.29 is 4.79 Å². The van der Waals surface area contributed by atoms with Crippen molar-refractivity contribution in [3.63, 3.8) is 0 Å². The fraction of sp³-hybridized carbons (Fsp3) is 0.200. The number of tetrazole rings is 1. The summed E-state index contributed by atoms with van der Waals surface area (Å²) < 4.78 is 1.48. The zero-order valence-corrected chi connectivity index (χ0v) is 13.4. The van der Waals surface area contributed by atoms with Crippen LogP contribution >= 0.6 is 11.3 Å². The first-order valence-electron chi connectivity index (χ1n) is 7.49. The van der Waals surface area contributed by atoms with E-state index in [4.69, 9.17) is 0 Å². The van der Waals surface area contributed by atoms with Gasteiger partial charge < -0.3 is 5.32 Å². The summed E-state index contributed by atoms with van der Waals surface area (Å²) in [5.41, 5.74) is 7.50. The predicted octanol–water partition coefficient (Wildman–Crippen LogP) is 1.02. The molecule has 0 bridgehead atoms. The van der Waals surface area contributed by atoms with E-state index in [0.717, 1.165) is 6.42 Å². The van der Waals surface area contributed by atoms with Gasteiger partial charge in [-0.2, -0.15) is 4.68 Å². The molecule has 1 fully saturated rings. The monoisotopic (exact) mass is 341 g/mol. The summed E-state index contributed by atoms with van der Waals surface area (Å²) in [5, 5.41) is 16.1. The van der Waals surface area contributed by atoms with Crippen LogP contribution in [0.3, 0.4) is 0 Å². The van der Waals surface area contributed by atoms with Crippen molar-refractivity contribution in [1.29, 1.82) is 0 Å². The van der Waals surface area contributed by atoms with Crippen molar-refractivity contribution in [2.45, 2.75) is 18.6 Å². The number of hydrogen-bond acceptors (Lipinski definition) is 7. The van der Waals surface area contributed by atoms with Crippen LogP contribution < -0.4 is 16.2 Å². The molecule has 3 aromatic rings. The highest BCUT2D eigenvalue weighted by Gasteiger charge is 2.27. The van der Waals surface area contributed by atoms with Gasteiger partial charge in [-0.1, -0.05) is 18.2 Å². The zero-order valence-electron chi connectivity index (χ0n) is 12.6. The quantitative estimate of drug-likeness (QED) is 0.656. The number of rotatable bonds is 4. The number of hydrazine groups is 1. The zero-order chi connectivity index (χ0) is 16.4. The molecule has 0 saturated carbocycles. The number of para-hydroxylation sites is 1. The van der Waals surface area contributed by atoms with Crippen molar-refractivity contribution in [2.24, 2.45) is 0 Å². The maximum atomic E-state index is 12.7. The van der Waals surface area contributed by atoms with Gasteiger partial charge in [0.05, 0.1) is 23.5 Å². The molecule has 24 heavy (non-hydrogen) atoms. The number of carbonyl (C=O) groups is 1. The molecule has 0 radical (unpaired) electrons. The molecule has 1 aliphatic rings. The van der Waals surface area contributed by atoms with E-state index < -0.39 is 0 Å². The van der Waals surface area contributed by atoms with Gasteiger partial charge in [0, 0.05) is 11.3 Å². The molecule has 9 heteroatoms. The van der Waals surface area contributed by atoms with Crippen LogP contribution in [0.15, 0.2) is 48.1 Å². The number of thiophene rings is 1. The van der Waals surface area contributed by atoms with Crippen molar-refractivity contribution in [2.75, 3.05) is 0 Å². The maximum absolute atomic E-state index is 12.7. The van der Waals surface area contributed by atoms with Gasteiger partial charge in [-0.05, 0) is 34.0 Å². The average Bonchev–Trinajstić information content (AvgIpc) is 3.36. The number of nitrogens with one attached hydrogen (secondary N) is 3. The first-order valence-corrected chi connectivity index (χ1v) is 8.37. The Morgan fingerprint density at radius 3 is 2.96 bits per heavy atom. The van der Waals surface area contributed by atoms with Gasteiger partial charge in [-0.3, -0.25) is 4.79 Å². The largest absolute Gasteiger partial charge is 0.335 e. The molecule has 2 aromatic heterocycles. The molecule has 122 valence electrons. The van der Waals surface area contributed by atoms with E-state index in [1.165, 1.54) is 15.9 Å². The summed E-state index contributed by atoms with van der Waals surface area (Å²) in [6.07, 6.45) is 2.10. The summed E-state index contributed by atoms with van der Waals surface area (Å²) in [6.45, 7) is 0. The van der Waals surface area contributed by atoms with Gasteiger partial charge in [0.2, 0.25) is 0 Å². The Hall–Kier alpha value is -2.62. The lowest BCUT2D eigenvalue weighted by atomic mass is 10.1. The van der Waals surface area contributed by atoms with E-state index >= 15 is 0 Å². The Morgan fingerprint density at radius 1 is 1.25 bits per heavy atom. The molecule has 3 N–H and O–H groups in total. The first-order chi connectivity index (χ1) is 11.8. The van der Waals surface area contributed by atoms with E-state index in [1.54, 1.807) is 23.5 Å². The SMILES string of the molecule is O=C(NC1CC(c2cccs2)NN1)c1ccccc1-n1cnnn1. The standard InChI is InChI=1S/C15H15N7OS/c23-15(10-4-1-2-5-12(10)22-9-16-20-21-22)17-14-8-11(18-19-14)13-6-3-7-24-13/h1-7,9,11,14,18-19H,8H2,(H,17,23). The molecule has 1 aliphatic heterocycles. The summed E-state index contributed by atoms with van der Waals surface area (Å²) in [4.78, 5) is 13.9. The summed E-state index contributed by atoms with van der Waals surface area (Å²) in [7, 11) is 0. The van der Waals surface area contributed by atoms with E-state index in [9.17, 15) is 4.79 Å². The molecule has 0 aliphatic carbocycles. The van der Waals surface area contributed by atoms with Crippen molar-refractivity contribution in [3.05, 3.63) is 58.5 Å². The molecular weight excluding hydrogens is 326 g/mol. The second-order valence-corrected chi connectivity index (χ2v) is 6.37. The third kappa shape index (κ3) is 2.92. The van der Waals surface area contributed by atoms with Gasteiger partial charge >= 0.3 is 0 Å². The molecule has 1 amide bonds. The summed E-state index contributed by atoms with van der Waals surface area (Å²) >= 11 is 1.70. The Kier molecular flexibility index (Phi) is 4.03. The summed E-state index contributed by atoms with van der Waals surface area (Å²) in [5.74, 6) is -0.174. The summed E-state index contributed by atoms with van der Waals surface area (Å²) in [6, 6.07) is 11.5. The van der Waals surface area contributed by atoms with Gasteiger partial charge in [-0.15, -0.1) is 16.4 Å². The second kappa shape index (κ2) is 6.48. The third-order valence-electron chi connectivity index (χ3n) is 3.84. The second-order valence-electron chi connectivity index (χ2n) is 5.39. The van der Waals surface area contributed by atoms with Crippen LogP contribution in [0.1, 0.15) is 27.7 Å². The number of amides is 1.